The summed E-state index contributed by atoms with van der Waals surface area (Å²) in [4.78, 5) is 12.6. The number of nitrogens with one attached hydrogen (secondary N) is 1. The number of ether oxygens (including phenoxy) is 2. The fourth-order valence-corrected chi connectivity index (χ4v) is 4.17. The Kier molecular flexibility index (Phi) is 5.56. The Hall–Kier alpha value is -3.52. The molecule has 0 radical (unpaired) electrons. The average molecular weight is 439 g/mol. The summed E-state index contributed by atoms with van der Waals surface area (Å²) in [5.41, 5.74) is 3.41. The number of hydrogen-bond acceptors (Lipinski definition) is 5. The molecule has 0 spiro atoms. The summed E-state index contributed by atoms with van der Waals surface area (Å²) in [7, 11) is -3.47. The molecule has 0 aromatic heterocycles. The van der Waals surface area contributed by atoms with Gasteiger partial charge in [-0.2, -0.15) is 0 Å². The van der Waals surface area contributed by atoms with Crippen molar-refractivity contribution in [1.29, 1.82) is 0 Å². The second-order valence-electron chi connectivity index (χ2n) is 7.33. The molecule has 8 heteroatoms. The molecule has 1 N–H and O–H groups in total. The third-order valence-corrected chi connectivity index (χ3v) is 6.00. The van der Waals surface area contributed by atoms with Gasteiger partial charge in [-0.25, -0.2) is 8.42 Å². The van der Waals surface area contributed by atoms with Crippen molar-refractivity contribution in [3.63, 3.8) is 0 Å². The van der Waals surface area contributed by atoms with E-state index in [4.69, 9.17) is 9.47 Å². The first-order valence-corrected chi connectivity index (χ1v) is 11.5. The van der Waals surface area contributed by atoms with Crippen LogP contribution in [0.5, 0.6) is 11.5 Å². The van der Waals surface area contributed by atoms with Gasteiger partial charge in [-0.1, -0.05) is 24.3 Å². The zero-order valence-corrected chi connectivity index (χ0v) is 18.0. The molecule has 0 aliphatic carbocycles. The summed E-state index contributed by atoms with van der Waals surface area (Å²) in [5, 5.41) is 2.82. The van der Waals surface area contributed by atoms with Crippen molar-refractivity contribution >= 4 is 27.3 Å². The van der Waals surface area contributed by atoms with Gasteiger partial charge in [0.2, 0.25) is 16.8 Å². The molecule has 4 rings (SSSR count). The van der Waals surface area contributed by atoms with Crippen LogP contribution in [-0.4, -0.2) is 27.4 Å². The Labute approximate surface area is 181 Å². The molecule has 0 saturated heterocycles. The van der Waals surface area contributed by atoms with Crippen LogP contribution < -0.4 is 19.1 Å². The average Bonchev–Trinajstić information content (AvgIpc) is 3.19. The van der Waals surface area contributed by atoms with E-state index in [-0.39, 0.29) is 19.2 Å². The van der Waals surface area contributed by atoms with Gasteiger partial charge < -0.3 is 14.8 Å². The van der Waals surface area contributed by atoms with Gasteiger partial charge in [0.1, 0.15) is 0 Å². The monoisotopic (exact) mass is 438 g/mol. The van der Waals surface area contributed by atoms with Gasteiger partial charge in [0.25, 0.3) is 5.91 Å². The molecule has 1 amide bonds. The van der Waals surface area contributed by atoms with Gasteiger partial charge in [0.15, 0.2) is 11.5 Å². The van der Waals surface area contributed by atoms with E-state index in [0.29, 0.717) is 28.4 Å². The first-order valence-electron chi connectivity index (χ1n) is 9.64. The van der Waals surface area contributed by atoms with Crippen LogP contribution in [-0.2, 0) is 16.6 Å². The minimum Gasteiger partial charge on any atom is -0.454 e. The number of nitrogens with zero attached hydrogens (tertiary/aromatic N) is 1. The number of rotatable bonds is 6. The summed E-state index contributed by atoms with van der Waals surface area (Å²) >= 11 is 0. The lowest BCUT2D eigenvalue weighted by Gasteiger charge is -2.23. The minimum atomic E-state index is -3.47. The molecule has 0 saturated carbocycles. The maximum atomic E-state index is 12.6. The van der Waals surface area contributed by atoms with Crippen LogP contribution >= 0.6 is 0 Å². The number of sulfonamides is 1. The maximum Gasteiger partial charge on any atom is 0.255 e. The summed E-state index contributed by atoms with van der Waals surface area (Å²) in [6.07, 6.45) is 1.18. The number of carbonyl (C=O) groups is 1. The Morgan fingerprint density at radius 2 is 1.74 bits per heavy atom. The largest absolute Gasteiger partial charge is 0.454 e. The van der Waals surface area contributed by atoms with Crippen molar-refractivity contribution in [2.75, 3.05) is 22.7 Å². The third-order valence-electron chi connectivity index (χ3n) is 4.86. The van der Waals surface area contributed by atoms with E-state index in [1.54, 1.807) is 48.5 Å². The van der Waals surface area contributed by atoms with Crippen molar-refractivity contribution in [2.24, 2.45) is 0 Å². The molecule has 3 aromatic rings. The number of aryl methyl sites for hydroxylation is 1. The number of hydrogen-bond donors (Lipinski definition) is 1. The molecule has 1 heterocycles. The zero-order valence-electron chi connectivity index (χ0n) is 17.2. The second-order valence-corrected chi connectivity index (χ2v) is 9.23. The molecule has 7 nitrogen and oxygen atoms in total. The van der Waals surface area contributed by atoms with Crippen molar-refractivity contribution < 1.29 is 22.7 Å². The third kappa shape index (κ3) is 4.80. The normalized spacial score (nSPS) is 12.5. The molecular formula is C23H22N2O5S. The van der Waals surface area contributed by atoms with Gasteiger partial charge in [-0.15, -0.1) is 0 Å². The van der Waals surface area contributed by atoms with Crippen LogP contribution in [0.4, 0.5) is 11.4 Å². The number of amides is 1. The van der Waals surface area contributed by atoms with Gasteiger partial charge in [0.05, 0.1) is 18.5 Å². The number of carbonyl (C=O) groups excluding carboxylic acids is 1. The van der Waals surface area contributed by atoms with Crippen molar-refractivity contribution in [1.82, 2.24) is 0 Å². The van der Waals surface area contributed by atoms with E-state index in [1.807, 2.05) is 25.1 Å². The number of benzene rings is 3. The molecule has 0 atom stereocenters. The summed E-state index contributed by atoms with van der Waals surface area (Å²) in [6.45, 7) is 2.26. The molecule has 0 bridgehead atoms. The first kappa shape index (κ1) is 20.7. The van der Waals surface area contributed by atoms with Crippen LogP contribution in [0.1, 0.15) is 21.5 Å². The molecule has 0 unspecified atom stereocenters. The zero-order chi connectivity index (χ0) is 22.0. The molecular weight excluding hydrogens is 416 g/mol. The predicted octanol–water partition coefficient (Wildman–Crippen LogP) is 3.94. The number of fused-ring (bicyclic) bond motifs is 1. The number of anilines is 2. The fourth-order valence-electron chi connectivity index (χ4n) is 3.29. The Morgan fingerprint density at radius 3 is 2.45 bits per heavy atom. The summed E-state index contributed by atoms with van der Waals surface area (Å²) < 4.78 is 36.6. The molecule has 1 aliphatic rings. The predicted molar refractivity (Wildman–Crippen MR) is 119 cm³/mol. The Morgan fingerprint density at radius 1 is 1.00 bits per heavy atom. The Balaban J connectivity index is 1.48. The topological polar surface area (TPSA) is 84.9 Å². The Bertz CT molecular complexity index is 1220. The molecule has 160 valence electrons. The molecule has 1 aliphatic heterocycles. The SMILES string of the molecule is Cc1cccc(N(Cc2ccc(C(=O)Nc3ccc4c(c3)OCO4)cc2)S(C)(=O)=O)c1. The van der Waals surface area contributed by atoms with Crippen LogP contribution in [0.2, 0.25) is 0 Å². The molecule has 31 heavy (non-hydrogen) atoms. The highest BCUT2D eigenvalue weighted by Crippen LogP contribution is 2.34. The molecule has 3 aromatic carbocycles. The maximum absolute atomic E-state index is 12.6. The lowest BCUT2D eigenvalue weighted by molar-refractivity contribution is 0.102. The second kappa shape index (κ2) is 8.31. The van der Waals surface area contributed by atoms with E-state index >= 15 is 0 Å². The van der Waals surface area contributed by atoms with E-state index < -0.39 is 10.0 Å². The van der Waals surface area contributed by atoms with Gasteiger partial charge in [0, 0.05) is 17.3 Å². The minimum absolute atomic E-state index is 0.168. The highest BCUT2D eigenvalue weighted by molar-refractivity contribution is 7.92. The van der Waals surface area contributed by atoms with Crippen LogP contribution in [0, 0.1) is 6.92 Å². The van der Waals surface area contributed by atoms with Crippen molar-refractivity contribution in [3.05, 3.63) is 83.4 Å². The van der Waals surface area contributed by atoms with Gasteiger partial charge >= 0.3 is 0 Å². The lowest BCUT2D eigenvalue weighted by atomic mass is 10.1. The van der Waals surface area contributed by atoms with Crippen LogP contribution in [0.3, 0.4) is 0 Å². The lowest BCUT2D eigenvalue weighted by Crippen LogP contribution is -2.29. The smallest absolute Gasteiger partial charge is 0.255 e. The fraction of sp³-hybridized carbons (Fsp3) is 0.174. The van der Waals surface area contributed by atoms with E-state index in [9.17, 15) is 13.2 Å². The first-order chi connectivity index (χ1) is 14.8. The summed E-state index contributed by atoms with van der Waals surface area (Å²) in [6, 6.07) is 19.4. The van der Waals surface area contributed by atoms with Crippen molar-refractivity contribution in [2.45, 2.75) is 13.5 Å². The van der Waals surface area contributed by atoms with Crippen LogP contribution in [0.25, 0.3) is 0 Å². The quantitative estimate of drug-likeness (QED) is 0.630. The standard InChI is InChI=1S/C23H22N2O5S/c1-16-4-3-5-20(12-16)25(31(2,27)28)14-17-6-8-18(9-7-17)23(26)24-19-10-11-21-22(13-19)30-15-29-21/h3-13H,14-15H2,1-2H3,(H,24,26). The van der Waals surface area contributed by atoms with E-state index in [1.165, 1.54) is 10.6 Å². The van der Waals surface area contributed by atoms with E-state index in [2.05, 4.69) is 5.32 Å². The highest BCUT2D eigenvalue weighted by Gasteiger charge is 2.19. The van der Waals surface area contributed by atoms with Crippen LogP contribution in [0.15, 0.2) is 66.7 Å². The van der Waals surface area contributed by atoms with Crippen molar-refractivity contribution in [3.8, 4) is 11.5 Å². The molecule has 0 fully saturated rings. The highest BCUT2D eigenvalue weighted by atomic mass is 32.2. The summed E-state index contributed by atoms with van der Waals surface area (Å²) in [5.74, 6) is 0.959. The van der Waals surface area contributed by atoms with Gasteiger partial charge in [-0.3, -0.25) is 9.10 Å². The van der Waals surface area contributed by atoms with Gasteiger partial charge in [-0.05, 0) is 54.4 Å². The van der Waals surface area contributed by atoms with E-state index in [0.717, 1.165) is 11.1 Å².